The molecular weight excluding hydrogens is 184 g/mol. The molecule has 0 N–H and O–H groups in total. The molecule has 0 aromatic heterocycles. The summed E-state index contributed by atoms with van der Waals surface area (Å²) in [6.45, 7) is 1.98. The first-order valence-electron chi connectivity index (χ1n) is 3.92. The summed E-state index contributed by atoms with van der Waals surface area (Å²) in [7, 11) is 1.39. The van der Waals surface area contributed by atoms with Gasteiger partial charge in [0.1, 0.15) is 0 Å². The van der Waals surface area contributed by atoms with Crippen LogP contribution in [0.1, 0.15) is 15.9 Å². The van der Waals surface area contributed by atoms with Gasteiger partial charge in [0.15, 0.2) is 0 Å². The minimum absolute atomic E-state index is 0.282. The van der Waals surface area contributed by atoms with Crippen molar-refractivity contribution in [3.8, 4) is 0 Å². The summed E-state index contributed by atoms with van der Waals surface area (Å²) in [5.41, 5.74) is 1.72. The third-order valence-electron chi connectivity index (χ3n) is 1.82. The molecule has 0 saturated carbocycles. The van der Waals surface area contributed by atoms with Gasteiger partial charge in [0.05, 0.1) is 12.7 Å². The molecular formula is C10H12O2S. The van der Waals surface area contributed by atoms with E-state index in [1.54, 1.807) is 17.8 Å². The van der Waals surface area contributed by atoms with Crippen molar-refractivity contribution in [1.29, 1.82) is 0 Å². The third kappa shape index (κ3) is 2.25. The van der Waals surface area contributed by atoms with Gasteiger partial charge in [-0.3, -0.25) is 0 Å². The van der Waals surface area contributed by atoms with Crippen LogP contribution in [0.4, 0.5) is 0 Å². The van der Waals surface area contributed by atoms with E-state index in [0.29, 0.717) is 5.56 Å². The van der Waals surface area contributed by atoms with Gasteiger partial charge in [0.25, 0.3) is 0 Å². The highest BCUT2D eigenvalue weighted by Gasteiger charge is 2.06. The number of benzene rings is 1. The molecule has 0 saturated heterocycles. The predicted octanol–water partition coefficient (Wildman–Crippen LogP) is 2.50. The van der Waals surface area contributed by atoms with E-state index in [1.165, 1.54) is 12.0 Å². The highest BCUT2D eigenvalue weighted by molar-refractivity contribution is 7.98. The van der Waals surface area contributed by atoms with Gasteiger partial charge >= 0.3 is 5.97 Å². The SMILES string of the molecule is COC(=O)c1ccc(SC)c(C)c1. The largest absolute Gasteiger partial charge is 0.465 e. The normalized spacial score (nSPS) is 9.77. The van der Waals surface area contributed by atoms with Crippen LogP contribution < -0.4 is 0 Å². The number of carbonyl (C=O) groups is 1. The quantitative estimate of drug-likeness (QED) is 0.537. The van der Waals surface area contributed by atoms with Gasteiger partial charge in [-0.25, -0.2) is 4.79 Å². The average Bonchev–Trinajstić information content (AvgIpc) is 2.16. The van der Waals surface area contributed by atoms with Gasteiger partial charge in [0.2, 0.25) is 0 Å². The van der Waals surface area contributed by atoms with Crippen LogP contribution in [0.2, 0.25) is 0 Å². The molecule has 0 fully saturated rings. The Balaban J connectivity index is 3.02. The Morgan fingerprint density at radius 3 is 2.62 bits per heavy atom. The van der Waals surface area contributed by atoms with Crippen LogP contribution in [-0.2, 0) is 4.74 Å². The third-order valence-corrected chi connectivity index (χ3v) is 2.71. The topological polar surface area (TPSA) is 26.3 Å². The molecule has 0 spiro atoms. The number of esters is 1. The summed E-state index contributed by atoms with van der Waals surface area (Å²) in [6.07, 6.45) is 2.01. The van der Waals surface area contributed by atoms with E-state index >= 15 is 0 Å². The van der Waals surface area contributed by atoms with Gasteiger partial charge in [-0.1, -0.05) is 0 Å². The Bertz CT molecular complexity index is 321. The minimum Gasteiger partial charge on any atom is -0.465 e. The molecule has 70 valence electrons. The van der Waals surface area contributed by atoms with Gasteiger partial charge in [-0.15, -0.1) is 11.8 Å². The molecule has 0 radical (unpaired) electrons. The van der Waals surface area contributed by atoms with Crippen LogP contribution in [0, 0.1) is 6.92 Å². The van der Waals surface area contributed by atoms with Crippen LogP contribution in [0.15, 0.2) is 23.1 Å². The van der Waals surface area contributed by atoms with Crippen LogP contribution in [0.3, 0.4) is 0 Å². The maximum absolute atomic E-state index is 11.1. The Kier molecular flexibility index (Phi) is 3.37. The summed E-state index contributed by atoms with van der Waals surface area (Å²) in [5, 5.41) is 0. The molecule has 0 atom stereocenters. The molecule has 0 aliphatic rings. The lowest BCUT2D eigenvalue weighted by Crippen LogP contribution is -2.01. The number of methoxy groups -OCH3 is 1. The lowest BCUT2D eigenvalue weighted by atomic mass is 10.1. The lowest BCUT2D eigenvalue weighted by Gasteiger charge is -2.04. The number of ether oxygens (including phenoxy) is 1. The van der Waals surface area contributed by atoms with Crippen molar-refractivity contribution in [2.75, 3.05) is 13.4 Å². The van der Waals surface area contributed by atoms with Gasteiger partial charge in [0, 0.05) is 4.90 Å². The summed E-state index contributed by atoms with van der Waals surface area (Å²) in [5.74, 6) is -0.282. The molecule has 0 amide bonds. The van der Waals surface area contributed by atoms with Gasteiger partial charge < -0.3 is 4.74 Å². The molecule has 1 aromatic carbocycles. The molecule has 0 heterocycles. The number of rotatable bonds is 2. The maximum Gasteiger partial charge on any atom is 0.337 e. The van der Waals surface area contributed by atoms with Crippen LogP contribution >= 0.6 is 11.8 Å². The second-order valence-electron chi connectivity index (χ2n) is 2.68. The Morgan fingerprint density at radius 1 is 1.46 bits per heavy atom. The molecule has 1 aromatic rings. The van der Waals surface area contributed by atoms with E-state index in [9.17, 15) is 4.79 Å². The standard InChI is InChI=1S/C10H12O2S/c1-7-6-8(10(11)12-2)4-5-9(7)13-3/h4-6H,1-3H3. The number of hydrogen-bond donors (Lipinski definition) is 0. The number of hydrogen-bond acceptors (Lipinski definition) is 3. The predicted molar refractivity (Wildman–Crippen MR) is 54.3 cm³/mol. The zero-order valence-corrected chi connectivity index (χ0v) is 8.77. The minimum atomic E-state index is -0.282. The van der Waals surface area contributed by atoms with Crippen molar-refractivity contribution >= 4 is 17.7 Å². The molecule has 0 unspecified atom stereocenters. The van der Waals surface area contributed by atoms with E-state index in [0.717, 1.165) is 5.56 Å². The maximum atomic E-state index is 11.1. The fourth-order valence-corrected chi connectivity index (χ4v) is 1.71. The fourth-order valence-electron chi connectivity index (χ4n) is 1.12. The summed E-state index contributed by atoms with van der Waals surface area (Å²) >= 11 is 1.67. The first kappa shape index (κ1) is 10.1. The number of carbonyl (C=O) groups excluding carboxylic acids is 1. The van der Waals surface area contributed by atoms with Gasteiger partial charge in [-0.2, -0.15) is 0 Å². The Labute approximate surface area is 82.3 Å². The molecule has 0 aliphatic heterocycles. The van der Waals surface area contributed by atoms with Crippen molar-refractivity contribution in [3.05, 3.63) is 29.3 Å². The highest BCUT2D eigenvalue weighted by atomic mass is 32.2. The first-order valence-corrected chi connectivity index (χ1v) is 5.14. The number of aryl methyl sites for hydroxylation is 1. The van der Waals surface area contributed by atoms with Crippen molar-refractivity contribution in [3.63, 3.8) is 0 Å². The molecule has 2 nitrogen and oxygen atoms in total. The van der Waals surface area contributed by atoms with Crippen molar-refractivity contribution in [1.82, 2.24) is 0 Å². The van der Waals surface area contributed by atoms with Gasteiger partial charge in [-0.05, 0) is 36.9 Å². The molecule has 0 bridgehead atoms. The van der Waals surface area contributed by atoms with Crippen LogP contribution in [-0.4, -0.2) is 19.3 Å². The zero-order chi connectivity index (χ0) is 9.84. The zero-order valence-electron chi connectivity index (χ0n) is 7.96. The Hall–Kier alpha value is -0.960. The smallest absolute Gasteiger partial charge is 0.337 e. The average molecular weight is 196 g/mol. The van der Waals surface area contributed by atoms with E-state index in [2.05, 4.69) is 4.74 Å². The summed E-state index contributed by atoms with van der Waals surface area (Å²) in [4.78, 5) is 12.3. The second-order valence-corrected chi connectivity index (χ2v) is 3.52. The van der Waals surface area contributed by atoms with Crippen LogP contribution in [0.25, 0.3) is 0 Å². The van der Waals surface area contributed by atoms with Crippen molar-refractivity contribution in [2.45, 2.75) is 11.8 Å². The highest BCUT2D eigenvalue weighted by Crippen LogP contribution is 2.20. The molecule has 0 aliphatic carbocycles. The first-order chi connectivity index (χ1) is 6.19. The van der Waals surface area contributed by atoms with E-state index < -0.39 is 0 Å². The molecule has 1 rings (SSSR count). The fraction of sp³-hybridized carbons (Fsp3) is 0.300. The van der Waals surface area contributed by atoms with E-state index in [-0.39, 0.29) is 5.97 Å². The molecule has 3 heteroatoms. The lowest BCUT2D eigenvalue weighted by molar-refractivity contribution is 0.0600. The summed E-state index contributed by atoms with van der Waals surface area (Å²) in [6, 6.07) is 5.56. The number of thioether (sulfide) groups is 1. The summed E-state index contributed by atoms with van der Waals surface area (Å²) < 4.78 is 4.62. The van der Waals surface area contributed by atoms with Crippen molar-refractivity contribution in [2.24, 2.45) is 0 Å². The second kappa shape index (κ2) is 4.33. The van der Waals surface area contributed by atoms with E-state index in [4.69, 9.17) is 0 Å². The van der Waals surface area contributed by atoms with Crippen LogP contribution in [0.5, 0.6) is 0 Å². The van der Waals surface area contributed by atoms with E-state index in [1.807, 2.05) is 25.3 Å². The molecule has 13 heavy (non-hydrogen) atoms. The van der Waals surface area contributed by atoms with Crippen molar-refractivity contribution < 1.29 is 9.53 Å². The Morgan fingerprint density at radius 2 is 2.15 bits per heavy atom. The monoisotopic (exact) mass is 196 g/mol.